The molecule has 3 amide bonds. The van der Waals surface area contributed by atoms with Gasteiger partial charge < -0.3 is 10.5 Å². The summed E-state index contributed by atoms with van der Waals surface area (Å²) in [6, 6.07) is 5.47. The molecular formula is C13H11BrN2O4. The Bertz CT molecular complexity index is 645. The highest BCUT2D eigenvalue weighted by Gasteiger charge is 2.58. The number of primary amides is 1. The number of fused-ring (bicyclic) bond motifs is 2. The van der Waals surface area contributed by atoms with Crippen LogP contribution < -0.4 is 5.73 Å². The molecule has 2 N–H and O–H groups in total. The number of nitrogens with zero attached hydrogens (tertiary/aromatic N) is 1. The second-order valence-corrected chi connectivity index (χ2v) is 5.77. The van der Waals surface area contributed by atoms with Gasteiger partial charge in [0.1, 0.15) is 6.54 Å². The first-order valence-corrected chi connectivity index (χ1v) is 6.85. The SMILES string of the molecule is NC(=O)CN1C(=O)O[C@@]2(CCc3cc(Br)ccc32)C1=O. The molecule has 7 heteroatoms. The van der Waals surface area contributed by atoms with Crippen LogP contribution in [0.15, 0.2) is 22.7 Å². The summed E-state index contributed by atoms with van der Waals surface area (Å²) in [4.78, 5) is 36.0. The van der Waals surface area contributed by atoms with Crippen molar-refractivity contribution in [2.75, 3.05) is 6.54 Å². The summed E-state index contributed by atoms with van der Waals surface area (Å²) in [5.74, 6) is -1.26. The van der Waals surface area contributed by atoms with Crippen molar-refractivity contribution in [3.05, 3.63) is 33.8 Å². The number of hydrogen-bond acceptors (Lipinski definition) is 4. The molecule has 0 aromatic heterocycles. The zero-order valence-electron chi connectivity index (χ0n) is 10.4. The fourth-order valence-corrected chi connectivity index (χ4v) is 3.19. The number of ether oxygens (including phenoxy) is 1. The Morgan fingerprint density at radius 3 is 2.90 bits per heavy atom. The van der Waals surface area contributed by atoms with Crippen LogP contribution in [0.4, 0.5) is 4.79 Å². The van der Waals surface area contributed by atoms with E-state index in [1.807, 2.05) is 6.07 Å². The Kier molecular flexibility index (Phi) is 2.82. The van der Waals surface area contributed by atoms with E-state index >= 15 is 0 Å². The minimum atomic E-state index is -1.29. The van der Waals surface area contributed by atoms with Gasteiger partial charge in [-0.1, -0.05) is 22.0 Å². The zero-order valence-corrected chi connectivity index (χ0v) is 12.0. The molecule has 1 saturated heterocycles. The van der Waals surface area contributed by atoms with Crippen molar-refractivity contribution in [1.82, 2.24) is 4.90 Å². The van der Waals surface area contributed by atoms with Crippen molar-refractivity contribution in [2.45, 2.75) is 18.4 Å². The highest BCUT2D eigenvalue weighted by molar-refractivity contribution is 9.10. The van der Waals surface area contributed by atoms with Crippen molar-refractivity contribution in [1.29, 1.82) is 0 Å². The summed E-state index contributed by atoms with van der Waals surface area (Å²) >= 11 is 3.37. The maximum Gasteiger partial charge on any atom is 0.418 e. The minimum Gasteiger partial charge on any atom is -0.427 e. The van der Waals surface area contributed by atoms with E-state index < -0.39 is 30.1 Å². The molecule has 1 aliphatic carbocycles. The van der Waals surface area contributed by atoms with E-state index in [0.29, 0.717) is 18.4 Å². The van der Waals surface area contributed by atoms with E-state index in [1.54, 1.807) is 12.1 Å². The molecule has 0 saturated carbocycles. The van der Waals surface area contributed by atoms with Gasteiger partial charge >= 0.3 is 6.09 Å². The molecule has 104 valence electrons. The topological polar surface area (TPSA) is 89.7 Å². The fourth-order valence-electron chi connectivity index (χ4n) is 2.78. The third-order valence-electron chi connectivity index (χ3n) is 3.64. The molecule has 6 nitrogen and oxygen atoms in total. The molecule has 1 atom stereocenters. The summed E-state index contributed by atoms with van der Waals surface area (Å²) in [5, 5.41) is 0. The van der Waals surface area contributed by atoms with Crippen LogP contribution in [-0.2, 0) is 26.3 Å². The lowest BCUT2D eigenvalue weighted by Gasteiger charge is -2.20. The van der Waals surface area contributed by atoms with Gasteiger partial charge in [0.2, 0.25) is 11.5 Å². The van der Waals surface area contributed by atoms with Crippen molar-refractivity contribution < 1.29 is 19.1 Å². The van der Waals surface area contributed by atoms with Gasteiger partial charge in [-0.2, -0.15) is 0 Å². The first kappa shape index (κ1) is 13.1. The van der Waals surface area contributed by atoms with Gasteiger partial charge in [0.25, 0.3) is 5.91 Å². The minimum absolute atomic E-state index is 0.388. The average molecular weight is 339 g/mol. The molecule has 1 aromatic carbocycles. The van der Waals surface area contributed by atoms with Crippen LogP contribution in [0.5, 0.6) is 0 Å². The number of carbonyl (C=O) groups is 3. The summed E-state index contributed by atoms with van der Waals surface area (Å²) in [5.41, 5.74) is 5.41. The Balaban J connectivity index is 2.03. The Morgan fingerprint density at radius 2 is 2.20 bits per heavy atom. The van der Waals surface area contributed by atoms with E-state index in [2.05, 4.69) is 15.9 Å². The molecule has 1 spiro atoms. The molecule has 1 fully saturated rings. The standard InChI is InChI=1S/C13H11BrN2O4/c14-8-1-2-9-7(5-8)3-4-13(9)11(18)16(6-10(15)17)12(19)20-13/h1-2,5H,3-4,6H2,(H2,15,17)/t13-/m1/s1. The number of hydrogen-bond donors (Lipinski definition) is 1. The van der Waals surface area contributed by atoms with Crippen LogP contribution in [0.2, 0.25) is 0 Å². The van der Waals surface area contributed by atoms with Gasteiger partial charge in [-0.15, -0.1) is 0 Å². The lowest BCUT2D eigenvalue weighted by atomic mass is 9.95. The number of nitrogens with two attached hydrogens (primary N) is 1. The smallest absolute Gasteiger partial charge is 0.418 e. The molecule has 20 heavy (non-hydrogen) atoms. The molecule has 2 aliphatic rings. The van der Waals surface area contributed by atoms with E-state index in [1.165, 1.54) is 0 Å². The molecule has 3 rings (SSSR count). The fraction of sp³-hybridized carbons (Fsp3) is 0.308. The Hall–Kier alpha value is -1.89. The summed E-state index contributed by atoms with van der Waals surface area (Å²) in [6.45, 7) is -0.453. The number of imide groups is 1. The molecule has 0 unspecified atom stereocenters. The van der Waals surface area contributed by atoms with E-state index in [0.717, 1.165) is 14.9 Å². The van der Waals surface area contributed by atoms with Gasteiger partial charge in [0, 0.05) is 16.5 Å². The third-order valence-corrected chi connectivity index (χ3v) is 4.13. The largest absolute Gasteiger partial charge is 0.427 e. The number of carbonyl (C=O) groups excluding carboxylic acids is 3. The first-order chi connectivity index (χ1) is 9.44. The monoisotopic (exact) mass is 338 g/mol. The number of halogens is 1. The zero-order chi connectivity index (χ0) is 14.5. The van der Waals surface area contributed by atoms with Crippen LogP contribution in [0, 0.1) is 0 Å². The molecule has 0 bridgehead atoms. The molecule has 0 radical (unpaired) electrons. The van der Waals surface area contributed by atoms with Crippen molar-refractivity contribution in [3.63, 3.8) is 0 Å². The summed E-state index contributed by atoms with van der Waals surface area (Å²) in [7, 11) is 0. The Morgan fingerprint density at radius 1 is 1.45 bits per heavy atom. The number of rotatable bonds is 2. The van der Waals surface area contributed by atoms with E-state index in [-0.39, 0.29) is 0 Å². The molecule has 1 aliphatic heterocycles. The molecule has 1 heterocycles. The maximum absolute atomic E-state index is 12.5. The number of benzene rings is 1. The van der Waals surface area contributed by atoms with E-state index in [4.69, 9.17) is 10.5 Å². The van der Waals surface area contributed by atoms with Crippen molar-refractivity contribution in [3.8, 4) is 0 Å². The lowest BCUT2D eigenvalue weighted by molar-refractivity contribution is -0.139. The first-order valence-electron chi connectivity index (χ1n) is 6.06. The highest BCUT2D eigenvalue weighted by Crippen LogP contribution is 2.45. The lowest BCUT2D eigenvalue weighted by Crippen LogP contribution is -2.41. The van der Waals surface area contributed by atoms with Crippen LogP contribution >= 0.6 is 15.9 Å². The van der Waals surface area contributed by atoms with Crippen LogP contribution in [-0.4, -0.2) is 29.4 Å². The van der Waals surface area contributed by atoms with Crippen LogP contribution in [0.3, 0.4) is 0 Å². The quantitative estimate of drug-likeness (QED) is 0.872. The molecular weight excluding hydrogens is 328 g/mol. The number of aryl methyl sites for hydroxylation is 1. The van der Waals surface area contributed by atoms with Gasteiger partial charge in [0.05, 0.1) is 0 Å². The maximum atomic E-state index is 12.5. The van der Waals surface area contributed by atoms with Gasteiger partial charge in [-0.05, 0) is 24.1 Å². The molecule has 1 aromatic rings. The van der Waals surface area contributed by atoms with Gasteiger partial charge in [0.15, 0.2) is 0 Å². The second-order valence-electron chi connectivity index (χ2n) is 4.85. The third kappa shape index (κ3) is 1.73. The summed E-state index contributed by atoms with van der Waals surface area (Å²) in [6.07, 6.45) is 0.209. The van der Waals surface area contributed by atoms with Crippen LogP contribution in [0.25, 0.3) is 0 Å². The number of amides is 3. The summed E-state index contributed by atoms with van der Waals surface area (Å²) < 4.78 is 6.22. The predicted octanol–water partition coefficient (Wildman–Crippen LogP) is 1.05. The average Bonchev–Trinajstić information content (AvgIpc) is 2.84. The van der Waals surface area contributed by atoms with Crippen LogP contribution in [0.1, 0.15) is 17.5 Å². The van der Waals surface area contributed by atoms with Gasteiger partial charge in [-0.3, -0.25) is 9.59 Å². The van der Waals surface area contributed by atoms with Crippen molar-refractivity contribution in [2.24, 2.45) is 5.73 Å². The Labute approximate surface area is 123 Å². The second kappa shape index (κ2) is 4.31. The highest BCUT2D eigenvalue weighted by atomic mass is 79.9. The van der Waals surface area contributed by atoms with Crippen molar-refractivity contribution >= 4 is 33.8 Å². The van der Waals surface area contributed by atoms with E-state index in [9.17, 15) is 14.4 Å². The predicted molar refractivity (Wildman–Crippen MR) is 71.5 cm³/mol. The van der Waals surface area contributed by atoms with Gasteiger partial charge in [-0.25, -0.2) is 9.69 Å². The normalized spacial score (nSPS) is 24.1.